The average molecular weight is 319 g/mol. The van der Waals surface area contributed by atoms with Gasteiger partial charge in [-0.2, -0.15) is 0 Å². The molecule has 0 saturated carbocycles. The summed E-state index contributed by atoms with van der Waals surface area (Å²) < 4.78 is 15.0. The van der Waals surface area contributed by atoms with E-state index >= 15 is 0 Å². The molecule has 1 heterocycles. The molecule has 2 rings (SSSR count). The second-order valence-electron chi connectivity index (χ2n) is 3.31. The summed E-state index contributed by atoms with van der Waals surface area (Å²) in [5.74, 6) is -1.60. The topological polar surface area (TPSA) is 42.2 Å². The van der Waals surface area contributed by atoms with Crippen molar-refractivity contribution in [2.24, 2.45) is 0 Å². The van der Waals surface area contributed by atoms with Gasteiger partial charge in [0.2, 0.25) is 0 Å². The summed E-state index contributed by atoms with van der Waals surface area (Å²) in [6.07, 6.45) is 1.52. The fourth-order valence-corrected chi connectivity index (χ4v) is 2.10. The third-order valence-corrected chi connectivity index (χ3v) is 2.93. The highest BCUT2D eigenvalue weighted by Gasteiger charge is 2.15. The van der Waals surface area contributed by atoms with Gasteiger partial charge in [-0.3, -0.25) is 0 Å². The molecule has 0 spiro atoms. The zero-order valence-electron chi connectivity index (χ0n) is 8.32. The minimum absolute atomic E-state index is 0.00405. The second-order valence-corrected chi connectivity index (χ2v) is 4.64. The summed E-state index contributed by atoms with van der Waals surface area (Å²) in [5.41, 5.74) is 0.291. The van der Waals surface area contributed by atoms with Gasteiger partial charge in [0.15, 0.2) is 0 Å². The Morgan fingerprint density at radius 3 is 2.76 bits per heavy atom. The minimum Gasteiger partial charge on any atom is -0.477 e. The van der Waals surface area contributed by atoms with Gasteiger partial charge in [-0.1, -0.05) is 11.6 Å². The van der Waals surface area contributed by atoms with Crippen LogP contribution in [-0.4, -0.2) is 15.6 Å². The van der Waals surface area contributed by atoms with Crippen molar-refractivity contribution >= 4 is 33.5 Å². The minimum atomic E-state index is -1.11. The second kappa shape index (κ2) is 4.50. The van der Waals surface area contributed by atoms with Crippen LogP contribution in [0.5, 0.6) is 0 Å². The predicted molar refractivity (Wildman–Crippen MR) is 65.4 cm³/mol. The standard InChI is InChI=1S/C11H6BrClFNO2/c12-6-3-10(11(16)17)15(5-6)9-4-7(14)1-2-8(9)13/h1-5H,(H,16,17). The van der Waals surface area contributed by atoms with Crippen LogP contribution in [0.2, 0.25) is 5.02 Å². The van der Waals surface area contributed by atoms with Crippen molar-refractivity contribution < 1.29 is 14.3 Å². The first-order chi connectivity index (χ1) is 7.99. The number of hydrogen-bond acceptors (Lipinski definition) is 1. The summed E-state index contributed by atoms with van der Waals surface area (Å²) in [5, 5.41) is 9.30. The molecular formula is C11H6BrClFNO2. The normalized spacial score (nSPS) is 10.5. The summed E-state index contributed by atoms with van der Waals surface area (Å²) in [7, 11) is 0. The molecule has 0 amide bonds. The predicted octanol–water partition coefficient (Wildman–Crippen LogP) is 3.73. The zero-order valence-corrected chi connectivity index (χ0v) is 10.7. The monoisotopic (exact) mass is 317 g/mol. The smallest absolute Gasteiger partial charge is 0.352 e. The van der Waals surface area contributed by atoms with Gasteiger partial charge >= 0.3 is 5.97 Å². The molecule has 1 aromatic carbocycles. The first-order valence-electron chi connectivity index (χ1n) is 4.55. The molecule has 17 heavy (non-hydrogen) atoms. The summed E-state index contributed by atoms with van der Waals surface area (Å²) >= 11 is 9.09. The number of aromatic carboxylic acids is 1. The van der Waals surface area contributed by atoms with Crippen LogP contribution >= 0.6 is 27.5 Å². The van der Waals surface area contributed by atoms with Crippen LogP contribution in [0.1, 0.15) is 10.5 Å². The largest absolute Gasteiger partial charge is 0.477 e. The maximum Gasteiger partial charge on any atom is 0.352 e. The molecule has 1 aromatic heterocycles. The van der Waals surface area contributed by atoms with Crippen LogP contribution in [-0.2, 0) is 0 Å². The molecule has 88 valence electrons. The van der Waals surface area contributed by atoms with Crippen molar-refractivity contribution in [1.29, 1.82) is 0 Å². The van der Waals surface area contributed by atoms with E-state index in [1.165, 1.54) is 35.0 Å². The Morgan fingerprint density at radius 2 is 2.12 bits per heavy atom. The molecule has 0 aliphatic carbocycles. The molecule has 0 bridgehead atoms. The number of carboxylic acids is 1. The van der Waals surface area contributed by atoms with E-state index in [4.69, 9.17) is 16.7 Å². The first-order valence-corrected chi connectivity index (χ1v) is 5.73. The number of nitrogens with zero attached hydrogens (tertiary/aromatic N) is 1. The van der Waals surface area contributed by atoms with E-state index in [9.17, 15) is 9.18 Å². The Kier molecular flexibility index (Phi) is 3.22. The van der Waals surface area contributed by atoms with Gasteiger partial charge in [0.1, 0.15) is 11.5 Å². The van der Waals surface area contributed by atoms with Gasteiger partial charge in [-0.05, 0) is 40.2 Å². The van der Waals surface area contributed by atoms with Crippen molar-refractivity contribution in [3.63, 3.8) is 0 Å². The quantitative estimate of drug-likeness (QED) is 0.916. The molecule has 1 N–H and O–H groups in total. The molecule has 3 nitrogen and oxygen atoms in total. The maximum absolute atomic E-state index is 13.1. The summed E-state index contributed by atoms with van der Waals surface area (Å²) in [6, 6.07) is 5.20. The van der Waals surface area contributed by atoms with E-state index in [1.54, 1.807) is 0 Å². The number of halogens is 3. The van der Waals surface area contributed by atoms with Crippen LogP contribution < -0.4 is 0 Å². The van der Waals surface area contributed by atoms with Gasteiger partial charge in [-0.25, -0.2) is 9.18 Å². The average Bonchev–Trinajstić information content (AvgIpc) is 2.64. The van der Waals surface area contributed by atoms with Crippen molar-refractivity contribution in [2.45, 2.75) is 0 Å². The Morgan fingerprint density at radius 1 is 1.41 bits per heavy atom. The van der Waals surface area contributed by atoms with E-state index in [1.807, 2.05) is 0 Å². The molecule has 6 heteroatoms. The van der Waals surface area contributed by atoms with Gasteiger partial charge in [0.25, 0.3) is 0 Å². The van der Waals surface area contributed by atoms with Gasteiger partial charge in [0.05, 0.1) is 10.7 Å². The molecule has 0 radical (unpaired) electrons. The van der Waals surface area contributed by atoms with Gasteiger partial charge in [0, 0.05) is 10.7 Å². The first kappa shape index (κ1) is 12.1. The summed E-state index contributed by atoms with van der Waals surface area (Å²) in [4.78, 5) is 11.0. The molecule has 0 fully saturated rings. The van der Waals surface area contributed by atoms with Crippen molar-refractivity contribution in [3.05, 3.63) is 51.5 Å². The lowest BCUT2D eigenvalue weighted by Gasteiger charge is -2.08. The van der Waals surface area contributed by atoms with Crippen molar-refractivity contribution in [3.8, 4) is 5.69 Å². The third kappa shape index (κ3) is 2.35. The zero-order chi connectivity index (χ0) is 12.6. The third-order valence-electron chi connectivity index (χ3n) is 2.17. The highest BCUT2D eigenvalue weighted by atomic mass is 79.9. The lowest BCUT2D eigenvalue weighted by atomic mass is 10.3. The van der Waals surface area contributed by atoms with Crippen LogP contribution in [0.25, 0.3) is 5.69 Å². The van der Waals surface area contributed by atoms with Crippen LogP contribution in [0.3, 0.4) is 0 Å². The van der Waals surface area contributed by atoms with E-state index in [2.05, 4.69) is 15.9 Å². The van der Waals surface area contributed by atoms with Crippen molar-refractivity contribution in [1.82, 2.24) is 4.57 Å². The van der Waals surface area contributed by atoms with E-state index in [0.717, 1.165) is 0 Å². The van der Waals surface area contributed by atoms with Gasteiger partial charge < -0.3 is 9.67 Å². The molecular weight excluding hydrogens is 312 g/mol. The number of rotatable bonds is 2. The lowest BCUT2D eigenvalue weighted by Crippen LogP contribution is -2.06. The molecule has 0 saturated heterocycles. The number of carbonyl (C=O) groups is 1. The maximum atomic E-state index is 13.1. The fourth-order valence-electron chi connectivity index (χ4n) is 1.46. The van der Waals surface area contributed by atoms with Gasteiger partial charge in [-0.15, -0.1) is 0 Å². The molecule has 2 aromatic rings. The number of hydrogen-bond donors (Lipinski definition) is 1. The lowest BCUT2D eigenvalue weighted by molar-refractivity contribution is 0.0688. The van der Waals surface area contributed by atoms with Crippen LogP contribution in [0.4, 0.5) is 4.39 Å². The van der Waals surface area contributed by atoms with Crippen LogP contribution in [0.15, 0.2) is 34.9 Å². The van der Waals surface area contributed by atoms with E-state index in [-0.39, 0.29) is 16.4 Å². The van der Waals surface area contributed by atoms with E-state index < -0.39 is 11.8 Å². The van der Waals surface area contributed by atoms with Crippen LogP contribution in [0, 0.1) is 5.82 Å². The number of aromatic nitrogens is 1. The SMILES string of the molecule is O=C(O)c1cc(Br)cn1-c1cc(F)ccc1Cl. The molecule has 0 atom stereocenters. The Labute approximate surface area is 110 Å². The highest BCUT2D eigenvalue weighted by molar-refractivity contribution is 9.10. The highest BCUT2D eigenvalue weighted by Crippen LogP contribution is 2.26. The molecule has 0 aliphatic heterocycles. The summed E-state index contributed by atoms with van der Waals surface area (Å²) in [6.45, 7) is 0. The Balaban J connectivity index is 2.67. The molecule has 0 aliphatic rings. The Hall–Kier alpha value is -1.33. The van der Waals surface area contributed by atoms with Crippen molar-refractivity contribution in [2.75, 3.05) is 0 Å². The number of carboxylic acid groups (broad SMARTS) is 1. The Bertz CT molecular complexity index is 597. The fraction of sp³-hybridized carbons (Fsp3) is 0. The molecule has 0 unspecified atom stereocenters. The van der Waals surface area contributed by atoms with E-state index in [0.29, 0.717) is 4.47 Å². The number of benzene rings is 1.